The van der Waals surface area contributed by atoms with Crippen molar-refractivity contribution in [2.45, 2.75) is 33.0 Å². The van der Waals surface area contributed by atoms with Crippen molar-refractivity contribution in [2.24, 2.45) is 5.73 Å². The molecule has 0 atom stereocenters. The first-order chi connectivity index (χ1) is 9.22. The van der Waals surface area contributed by atoms with Crippen LogP contribution in [0.1, 0.15) is 25.0 Å². The van der Waals surface area contributed by atoms with Gasteiger partial charge in [0.05, 0.1) is 6.20 Å². The highest BCUT2D eigenvalue weighted by Crippen LogP contribution is 2.20. The molecule has 2 rings (SSSR count). The second-order valence-corrected chi connectivity index (χ2v) is 4.79. The minimum Gasteiger partial charge on any atom is -0.348 e. The van der Waals surface area contributed by atoms with E-state index in [1.165, 1.54) is 5.56 Å². The standard InChI is InChI=1S/C15H20N4/c1-12(2)19(11-13-6-4-3-5-7-13)15-14(10-16)8-9-17-18-15/h3-9,12H,10-11,16H2,1-2H3. The number of benzene rings is 1. The number of rotatable bonds is 5. The van der Waals surface area contributed by atoms with Crippen LogP contribution in [0.2, 0.25) is 0 Å². The van der Waals surface area contributed by atoms with Gasteiger partial charge in [-0.1, -0.05) is 30.3 Å². The molecule has 1 aromatic heterocycles. The minimum atomic E-state index is 0.335. The summed E-state index contributed by atoms with van der Waals surface area (Å²) in [6.07, 6.45) is 1.69. The third kappa shape index (κ3) is 3.29. The van der Waals surface area contributed by atoms with Gasteiger partial charge in [0.15, 0.2) is 5.82 Å². The van der Waals surface area contributed by atoms with Gasteiger partial charge in [-0.2, -0.15) is 5.10 Å². The monoisotopic (exact) mass is 256 g/mol. The minimum absolute atomic E-state index is 0.335. The molecule has 0 amide bonds. The van der Waals surface area contributed by atoms with Gasteiger partial charge >= 0.3 is 0 Å². The lowest BCUT2D eigenvalue weighted by Gasteiger charge is -2.29. The maximum absolute atomic E-state index is 5.79. The highest BCUT2D eigenvalue weighted by molar-refractivity contribution is 5.47. The molecule has 0 bridgehead atoms. The second-order valence-electron chi connectivity index (χ2n) is 4.79. The first-order valence-corrected chi connectivity index (χ1v) is 6.53. The van der Waals surface area contributed by atoms with Crippen LogP contribution in [-0.2, 0) is 13.1 Å². The fourth-order valence-electron chi connectivity index (χ4n) is 2.03. The number of nitrogens with two attached hydrogens (primary N) is 1. The van der Waals surface area contributed by atoms with Crippen molar-refractivity contribution >= 4 is 5.82 Å². The van der Waals surface area contributed by atoms with Gasteiger partial charge in [-0.05, 0) is 25.5 Å². The summed E-state index contributed by atoms with van der Waals surface area (Å²) in [6.45, 7) is 5.59. The molecule has 4 heteroatoms. The van der Waals surface area contributed by atoms with Crippen LogP contribution < -0.4 is 10.6 Å². The van der Waals surface area contributed by atoms with E-state index in [4.69, 9.17) is 5.73 Å². The average Bonchev–Trinajstić information content (AvgIpc) is 2.45. The smallest absolute Gasteiger partial charge is 0.156 e. The molecule has 0 aliphatic carbocycles. The Morgan fingerprint density at radius 3 is 2.53 bits per heavy atom. The van der Waals surface area contributed by atoms with E-state index in [1.807, 2.05) is 24.3 Å². The van der Waals surface area contributed by atoms with Crippen LogP contribution in [0.3, 0.4) is 0 Å². The van der Waals surface area contributed by atoms with Crippen molar-refractivity contribution in [3.05, 3.63) is 53.7 Å². The molecule has 0 aliphatic rings. The van der Waals surface area contributed by atoms with Crippen molar-refractivity contribution in [1.82, 2.24) is 10.2 Å². The van der Waals surface area contributed by atoms with Crippen LogP contribution in [-0.4, -0.2) is 16.2 Å². The van der Waals surface area contributed by atoms with E-state index in [9.17, 15) is 0 Å². The molecule has 19 heavy (non-hydrogen) atoms. The van der Waals surface area contributed by atoms with Crippen LogP contribution >= 0.6 is 0 Å². The van der Waals surface area contributed by atoms with Crippen LogP contribution in [0.5, 0.6) is 0 Å². The molecular weight excluding hydrogens is 236 g/mol. The Morgan fingerprint density at radius 1 is 1.16 bits per heavy atom. The number of hydrogen-bond acceptors (Lipinski definition) is 4. The number of hydrogen-bond donors (Lipinski definition) is 1. The molecule has 0 radical (unpaired) electrons. The normalized spacial score (nSPS) is 10.7. The van der Waals surface area contributed by atoms with Crippen molar-refractivity contribution in [1.29, 1.82) is 0 Å². The van der Waals surface area contributed by atoms with Crippen molar-refractivity contribution in [3.8, 4) is 0 Å². The zero-order chi connectivity index (χ0) is 13.7. The van der Waals surface area contributed by atoms with E-state index in [1.54, 1.807) is 6.20 Å². The fraction of sp³-hybridized carbons (Fsp3) is 0.333. The Bertz CT molecular complexity index is 511. The highest BCUT2D eigenvalue weighted by Gasteiger charge is 2.16. The van der Waals surface area contributed by atoms with E-state index < -0.39 is 0 Å². The lowest BCUT2D eigenvalue weighted by atomic mass is 10.1. The maximum Gasteiger partial charge on any atom is 0.156 e. The summed E-state index contributed by atoms with van der Waals surface area (Å²) in [4.78, 5) is 2.23. The Labute approximate surface area is 114 Å². The quantitative estimate of drug-likeness (QED) is 0.892. The van der Waals surface area contributed by atoms with Gasteiger partial charge in [-0.25, -0.2) is 0 Å². The number of aromatic nitrogens is 2. The first-order valence-electron chi connectivity index (χ1n) is 6.53. The molecule has 0 unspecified atom stereocenters. The van der Waals surface area contributed by atoms with E-state index >= 15 is 0 Å². The zero-order valence-electron chi connectivity index (χ0n) is 11.5. The molecule has 0 saturated carbocycles. The van der Waals surface area contributed by atoms with Gasteiger partial charge in [-0.15, -0.1) is 5.10 Å². The molecule has 2 N–H and O–H groups in total. The largest absolute Gasteiger partial charge is 0.348 e. The summed E-state index contributed by atoms with van der Waals surface area (Å²) in [7, 11) is 0. The van der Waals surface area contributed by atoms with E-state index in [2.05, 4.69) is 41.1 Å². The molecule has 100 valence electrons. The summed E-state index contributed by atoms with van der Waals surface area (Å²) in [6, 6.07) is 12.6. The van der Waals surface area contributed by atoms with E-state index in [-0.39, 0.29) is 0 Å². The lowest BCUT2D eigenvalue weighted by Crippen LogP contribution is -2.32. The number of nitrogens with zero attached hydrogens (tertiary/aromatic N) is 3. The van der Waals surface area contributed by atoms with Crippen molar-refractivity contribution in [2.75, 3.05) is 4.90 Å². The van der Waals surface area contributed by atoms with E-state index in [0.717, 1.165) is 17.9 Å². The molecule has 0 fully saturated rings. The van der Waals surface area contributed by atoms with Gasteiger partial charge in [-0.3, -0.25) is 0 Å². The number of anilines is 1. The van der Waals surface area contributed by atoms with Gasteiger partial charge in [0.25, 0.3) is 0 Å². The topological polar surface area (TPSA) is 55.0 Å². The molecule has 0 saturated heterocycles. The van der Waals surface area contributed by atoms with Crippen LogP contribution in [0, 0.1) is 0 Å². The predicted octanol–water partition coefficient (Wildman–Crippen LogP) is 2.35. The summed E-state index contributed by atoms with van der Waals surface area (Å²) >= 11 is 0. The summed E-state index contributed by atoms with van der Waals surface area (Å²) in [5, 5.41) is 8.25. The third-order valence-electron chi connectivity index (χ3n) is 3.09. The van der Waals surface area contributed by atoms with Crippen molar-refractivity contribution in [3.63, 3.8) is 0 Å². The van der Waals surface area contributed by atoms with Crippen LogP contribution in [0.4, 0.5) is 5.82 Å². The average molecular weight is 256 g/mol. The third-order valence-corrected chi connectivity index (χ3v) is 3.09. The Kier molecular flexibility index (Phi) is 4.47. The van der Waals surface area contributed by atoms with Crippen LogP contribution in [0.15, 0.2) is 42.6 Å². The lowest BCUT2D eigenvalue weighted by molar-refractivity contribution is 0.660. The predicted molar refractivity (Wildman–Crippen MR) is 77.7 cm³/mol. The summed E-state index contributed by atoms with van der Waals surface area (Å²) in [5.41, 5.74) is 8.07. The zero-order valence-corrected chi connectivity index (χ0v) is 11.5. The molecule has 1 heterocycles. The molecular formula is C15H20N4. The van der Waals surface area contributed by atoms with Gasteiger partial charge in [0.1, 0.15) is 0 Å². The fourth-order valence-corrected chi connectivity index (χ4v) is 2.03. The second kappa shape index (κ2) is 6.29. The van der Waals surface area contributed by atoms with E-state index in [0.29, 0.717) is 12.6 Å². The maximum atomic E-state index is 5.79. The Hall–Kier alpha value is -1.94. The summed E-state index contributed by atoms with van der Waals surface area (Å²) in [5.74, 6) is 0.879. The van der Waals surface area contributed by atoms with Crippen LogP contribution in [0.25, 0.3) is 0 Å². The van der Waals surface area contributed by atoms with Gasteiger partial charge < -0.3 is 10.6 Å². The molecule has 4 nitrogen and oxygen atoms in total. The molecule has 0 aliphatic heterocycles. The molecule has 0 spiro atoms. The Morgan fingerprint density at radius 2 is 1.89 bits per heavy atom. The SMILES string of the molecule is CC(C)N(Cc1ccccc1)c1nnccc1CN. The Balaban J connectivity index is 2.30. The highest BCUT2D eigenvalue weighted by atomic mass is 15.3. The molecule has 1 aromatic carbocycles. The van der Waals surface area contributed by atoms with Gasteiger partial charge in [0, 0.05) is 24.7 Å². The van der Waals surface area contributed by atoms with Crippen molar-refractivity contribution < 1.29 is 0 Å². The van der Waals surface area contributed by atoms with Gasteiger partial charge in [0.2, 0.25) is 0 Å². The first kappa shape index (κ1) is 13.5. The summed E-state index contributed by atoms with van der Waals surface area (Å²) < 4.78 is 0. The molecule has 2 aromatic rings.